The molecule has 0 aliphatic carbocycles. The number of carbonyl (C=O) groups excluding carboxylic acids is 1. The molecule has 2 aromatic carbocycles. The van der Waals surface area contributed by atoms with Crippen molar-refractivity contribution in [2.24, 2.45) is 0 Å². The summed E-state index contributed by atoms with van der Waals surface area (Å²) in [5.74, 6) is -0.912. The summed E-state index contributed by atoms with van der Waals surface area (Å²) in [7, 11) is 0. The third kappa shape index (κ3) is 3.52. The van der Waals surface area contributed by atoms with Gasteiger partial charge in [0.05, 0.1) is 17.9 Å². The van der Waals surface area contributed by atoms with Gasteiger partial charge in [0.1, 0.15) is 5.82 Å². The van der Waals surface area contributed by atoms with Crippen molar-refractivity contribution in [3.63, 3.8) is 0 Å². The molecule has 0 amide bonds. The monoisotopic (exact) mass is 352 g/mol. The Morgan fingerprint density at radius 2 is 2.14 bits per heavy atom. The predicted molar refractivity (Wildman–Crippen MR) is 84.2 cm³/mol. The minimum Gasteiger partial charge on any atom is -0.462 e. The van der Waals surface area contributed by atoms with Gasteiger partial charge >= 0.3 is 5.97 Å². The van der Waals surface area contributed by atoms with Gasteiger partial charge in [-0.15, -0.1) is 0 Å². The van der Waals surface area contributed by atoms with Crippen LogP contribution in [0.1, 0.15) is 17.3 Å². The number of nitrogen functional groups attached to an aromatic ring is 1. The van der Waals surface area contributed by atoms with Crippen molar-refractivity contribution >= 4 is 39.0 Å². The molecular weight excluding hydrogens is 339 g/mol. The van der Waals surface area contributed by atoms with Crippen LogP contribution in [0.5, 0.6) is 0 Å². The fourth-order valence-corrected chi connectivity index (χ4v) is 2.22. The van der Waals surface area contributed by atoms with Crippen molar-refractivity contribution in [1.82, 2.24) is 0 Å². The van der Waals surface area contributed by atoms with Gasteiger partial charge in [-0.2, -0.15) is 0 Å². The second-order valence-corrected chi connectivity index (χ2v) is 5.10. The number of halogens is 2. The Morgan fingerprint density at radius 3 is 2.81 bits per heavy atom. The smallest absolute Gasteiger partial charge is 0.340 e. The number of ether oxygens (including phenoxy) is 1. The molecule has 0 bridgehead atoms. The molecule has 0 saturated carbocycles. The zero-order chi connectivity index (χ0) is 15.4. The molecule has 0 aliphatic heterocycles. The highest BCUT2D eigenvalue weighted by atomic mass is 79.9. The molecule has 0 unspecified atom stereocenters. The van der Waals surface area contributed by atoms with Gasteiger partial charge in [0.2, 0.25) is 0 Å². The van der Waals surface area contributed by atoms with Crippen LogP contribution in [0.15, 0.2) is 40.9 Å². The van der Waals surface area contributed by atoms with Gasteiger partial charge in [0, 0.05) is 15.8 Å². The summed E-state index contributed by atoms with van der Waals surface area (Å²) in [5, 5.41) is 2.92. The van der Waals surface area contributed by atoms with Crippen molar-refractivity contribution in [2.75, 3.05) is 17.7 Å². The predicted octanol–water partition coefficient (Wildman–Crippen LogP) is 4.09. The third-order valence-corrected chi connectivity index (χ3v) is 3.44. The molecule has 6 heteroatoms. The molecule has 0 radical (unpaired) electrons. The van der Waals surface area contributed by atoms with Gasteiger partial charge < -0.3 is 15.8 Å². The number of nitrogens with two attached hydrogens (primary N) is 1. The van der Waals surface area contributed by atoms with E-state index in [1.165, 1.54) is 12.1 Å². The largest absolute Gasteiger partial charge is 0.462 e. The molecule has 2 aromatic rings. The molecule has 0 fully saturated rings. The molecule has 0 saturated heterocycles. The van der Waals surface area contributed by atoms with E-state index in [0.717, 1.165) is 0 Å². The summed E-state index contributed by atoms with van der Waals surface area (Å²) >= 11 is 3.27. The number of benzene rings is 2. The second-order valence-electron chi connectivity index (χ2n) is 4.24. The lowest BCUT2D eigenvalue weighted by atomic mass is 10.1. The van der Waals surface area contributed by atoms with Gasteiger partial charge in [0.25, 0.3) is 0 Å². The summed E-state index contributed by atoms with van der Waals surface area (Å²) in [6, 6.07) is 9.43. The Kier molecular flexibility index (Phi) is 4.80. The van der Waals surface area contributed by atoms with Crippen LogP contribution in [-0.2, 0) is 4.74 Å². The molecule has 21 heavy (non-hydrogen) atoms. The second kappa shape index (κ2) is 6.58. The van der Waals surface area contributed by atoms with Gasteiger partial charge in [-0.25, -0.2) is 9.18 Å². The number of para-hydroxylation sites is 1. The van der Waals surface area contributed by atoms with E-state index in [0.29, 0.717) is 15.8 Å². The highest BCUT2D eigenvalue weighted by Gasteiger charge is 2.13. The molecular formula is C15H14BrFN2O2. The number of carbonyl (C=O) groups is 1. The van der Waals surface area contributed by atoms with E-state index in [1.807, 2.05) is 0 Å². The van der Waals surface area contributed by atoms with Gasteiger partial charge in [-0.05, 0) is 53.2 Å². The lowest BCUT2D eigenvalue weighted by Crippen LogP contribution is -2.08. The normalized spacial score (nSPS) is 10.2. The van der Waals surface area contributed by atoms with Crippen LogP contribution < -0.4 is 11.1 Å². The number of hydrogen-bond donors (Lipinski definition) is 2. The van der Waals surface area contributed by atoms with Crippen molar-refractivity contribution in [2.45, 2.75) is 6.92 Å². The minimum absolute atomic E-state index is 0.245. The van der Waals surface area contributed by atoms with E-state index in [4.69, 9.17) is 10.5 Å². The maximum absolute atomic E-state index is 13.8. The summed E-state index contributed by atoms with van der Waals surface area (Å²) in [6.45, 7) is 1.97. The molecule has 0 aliphatic rings. The highest BCUT2D eigenvalue weighted by Crippen LogP contribution is 2.29. The Balaban J connectivity index is 2.33. The zero-order valence-electron chi connectivity index (χ0n) is 11.3. The number of rotatable bonds is 4. The van der Waals surface area contributed by atoms with Crippen LogP contribution in [0.2, 0.25) is 0 Å². The molecule has 0 atom stereocenters. The van der Waals surface area contributed by atoms with Crippen molar-refractivity contribution in [3.05, 3.63) is 52.3 Å². The maximum Gasteiger partial charge on any atom is 0.340 e. The Bertz CT molecular complexity index is 656. The summed E-state index contributed by atoms with van der Waals surface area (Å²) in [4.78, 5) is 11.8. The first-order valence-electron chi connectivity index (χ1n) is 6.30. The quantitative estimate of drug-likeness (QED) is 0.642. The minimum atomic E-state index is -0.508. The molecule has 3 N–H and O–H groups in total. The average Bonchev–Trinajstić information content (AvgIpc) is 2.45. The lowest BCUT2D eigenvalue weighted by Gasteiger charge is -2.12. The summed E-state index contributed by atoms with van der Waals surface area (Å²) in [6.07, 6.45) is 0. The van der Waals surface area contributed by atoms with Crippen LogP contribution in [0.25, 0.3) is 0 Å². The van der Waals surface area contributed by atoms with Gasteiger partial charge in [-0.1, -0.05) is 6.07 Å². The zero-order valence-corrected chi connectivity index (χ0v) is 12.9. The molecule has 4 nitrogen and oxygen atoms in total. The third-order valence-electron chi connectivity index (χ3n) is 2.78. The lowest BCUT2D eigenvalue weighted by molar-refractivity contribution is 0.0527. The van der Waals surface area contributed by atoms with E-state index >= 15 is 0 Å². The number of hydrogen-bond acceptors (Lipinski definition) is 4. The topological polar surface area (TPSA) is 64.3 Å². The first-order valence-corrected chi connectivity index (χ1v) is 7.10. The van der Waals surface area contributed by atoms with E-state index in [2.05, 4.69) is 21.2 Å². The first-order chi connectivity index (χ1) is 10.0. The highest BCUT2D eigenvalue weighted by molar-refractivity contribution is 9.10. The molecule has 2 rings (SSSR count). The van der Waals surface area contributed by atoms with Crippen LogP contribution in [0, 0.1) is 5.82 Å². The SMILES string of the molecule is CCOC(=O)c1cc(Nc2c(F)cccc2Br)ccc1N. The Labute approximate surface area is 130 Å². The van der Waals surface area contributed by atoms with Gasteiger partial charge in [0.15, 0.2) is 0 Å². The standard InChI is InChI=1S/C15H14BrFN2O2/c1-2-21-15(20)10-8-9(6-7-13(10)18)19-14-11(16)4-3-5-12(14)17/h3-8,19H,2,18H2,1H3. The van der Waals surface area contributed by atoms with Crippen LogP contribution in [0.3, 0.4) is 0 Å². The van der Waals surface area contributed by atoms with Crippen LogP contribution >= 0.6 is 15.9 Å². The fourth-order valence-electron chi connectivity index (χ4n) is 1.78. The molecule has 0 heterocycles. The molecule has 110 valence electrons. The van der Waals surface area contributed by atoms with Crippen molar-refractivity contribution in [1.29, 1.82) is 0 Å². The molecule has 0 spiro atoms. The van der Waals surface area contributed by atoms with Crippen molar-refractivity contribution < 1.29 is 13.9 Å². The van der Waals surface area contributed by atoms with Crippen LogP contribution in [0.4, 0.5) is 21.5 Å². The number of esters is 1. The summed E-state index contributed by atoms with van der Waals surface area (Å²) in [5.41, 5.74) is 7.15. The average molecular weight is 353 g/mol. The first kappa shape index (κ1) is 15.3. The van der Waals surface area contributed by atoms with E-state index in [-0.39, 0.29) is 17.9 Å². The number of nitrogens with one attached hydrogen (secondary N) is 1. The Morgan fingerprint density at radius 1 is 1.38 bits per heavy atom. The van der Waals surface area contributed by atoms with E-state index in [1.54, 1.807) is 31.2 Å². The van der Waals surface area contributed by atoms with Crippen molar-refractivity contribution in [3.8, 4) is 0 Å². The maximum atomic E-state index is 13.8. The number of anilines is 3. The summed E-state index contributed by atoms with van der Waals surface area (Å²) < 4.78 is 19.3. The van der Waals surface area contributed by atoms with Gasteiger partial charge in [-0.3, -0.25) is 0 Å². The molecule has 0 aromatic heterocycles. The van der Waals surface area contributed by atoms with E-state index < -0.39 is 11.8 Å². The Hall–Kier alpha value is -2.08. The van der Waals surface area contributed by atoms with Crippen LogP contribution in [-0.4, -0.2) is 12.6 Å². The fraction of sp³-hybridized carbons (Fsp3) is 0.133. The van der Waals surface area contributed by atoms with E-state index in [9.17, 15) is 9.18 Å².